The van der Waals surface area contributed by atoms with Crippen LogP contribution in [0, 0.1) is 0 Å². The van der Waals surface area contributed by atoms with E-state index in [0.717, 1.165) is 26.2 Å². The minimum absolute atomic E-state index is 0. The molecule has 2 N–H and O–H groups in total. The van der Waals surface area contributed by atoms with Gasteiger partial charge in [-0.25, -0.2) is 0 Å². The number of aromatic amines is 1. The zero-order valence-electron chi connectivity index (χ0n) is 13.9. The van der Waals surface area contributed by atoms with Gasteiger partial charge in [0.05, 0.1) is 0 Å². The lowest BCUT2D eigenvalue weighted by atomic mass is 9.97. The Balaban J connectivity index is 0.00000132. The van der Waals surface area contributed by atoms with Gasteiger partial charge >= 0.3 is 0 Å². The Kier molecular flexibility index (Phi) is 9.00. The van der Waals surface area contributed by atoms with E-state index < -0.39 is 0 Å². The van der Waals surface area contributed by atoms with Gasteiger partial charge in [-0.1, -0.05) is 44.4 Å². The van der Waals surface area contributed by atoms with Crippen molar-refractivity contribution < 1.29 is 0 Å². The van der Waals surface area contributed by atoms with Crippen molar-refractivity contribution in [1.29, 1.82) is 0 Å². The van der Waals surface area contributed by atoms with Crippen LogP contribution in [0.1, 0.15) is 44.2 Å². The summed E-state index contributed by atoms with van der Waals surface area (Å²) in [5.41, 5.74) is 2.76. The number of hydrogen-bond acceptors (Lipinski definition) is 2. The number of aromatic nitrogens is 1. The number of H-pyrrole nitrogens is 1. The third-order valence-corrected chi connectivity index (χ3v) is 4.65. The molecule has 0 bridgehead atoms. The Morgan fingerprint density at radius 2 is 1.83 bits per heavy atom. The number of piperazine rings is 1. The molecule has 130 valence electrons. The van der Waals surface area contributed by atoms with Crippen LogP contribution in [0.25, 0.3) is 10.9 Å². The van der Waals surface area contributed by atoms with Crippen molar-refractivity contribution in [2.45, 2.75) is 38.6 Å². The molecule has 0 spiro atoms. The predicted molar refractivity (Wildman–Crippen MR) is 104 cm³/mol. The highest BCUT2D eigenvalue weighted by molar-refractivity contribution is 5.85. The highest BCUT2D eigenvalue weighted by Crippen LogP contribution is 2.32. The molecule has 0 aliphatic carbocycles. The van der Waals surface area contributed by atoms with Gasteiger partial charge in [-0.3, -0.25) is 4.90 Å². The molecule has 3 nitrogen and oxygen atoms in total. The van der Waals surface area contributed by atoms with E-state index in [1.807, 2.05) is 0 Å². The largest absolute Gasteiger partial charge is 0.361 e. The van der Waals surface area contributed by atoms with Crippen molar-refractivity contribution in [3.05, 3.63) is 36.0 Å². The Hall–Kier alpha value is -0.740. The highest BCUT2D eigenvalue weighted by atomic mass is 35.5. The molecule has 1 fully saturated rings. The summed E-state index contributed by atoms with van der Waals surface area (Å²) in [6, 6.07) is 9.27. The van der Waals surface area contributed by atoms with Crippen molar-refractivity contribution in [2.24, 2.45) is 0 Å². The average Bonchev–Trinajstić information content (AvgIpc) is 2.96. The molecule has 5 heteroatoms. The molecule has 1 aliphatic heterocycles. The van der Waals surface area contributed by atoms with Crippen LogP contribution in [0.5, 0.6) is 0 Å². The molecule has 1 aromatic heterocycles. The number of fused-ring (bicyclic) bond motifs is 1. The van der Waals surface area contributed by atoms with Gasteiger partial charge in [-0.2, -0.15) is 0 Å². The van der Waals surface area contributed by atoms with Crippen molar-refractivity contribution in [3.63, 3.8) is 0 Å². The number of unbranched alkanes of at least 4 members (excludes halogenated alkanes) is 2. The molecule has 0 unspecified atom stereocenters. The second kappa shape index (κ2) is 10.2. The minimum Gasteiger partial charge on any atom is -0.361 e. The normalized spacial score (nSPS) is 16.6. The van der Waals surface area contributed by atoms with E-state index in [0.29, 0.717) is 6.04 Å². The standard InChI is InChI=1S/C18H27N3.2ClH/c1-2-3-4-9-18(21-12-10-19-11-13-21)16-14-20-17-8-6-5-7-15(16)17;;/h5-8,14,18-20H,2-4,9-13H2,1H3;2*1H/t18-;;/m1../s1. The number of para-hydroxylation sites is 1. The molecule has 1 aliphatic rings. The number of rotatable bonds is 6. The maximum atomic E-state index is 3.47. The lowest BCUT2D eigenvalue weighted by Crippen LogP contribution is -2.45. The predicted octanol–water partition coefficient (Wildman–Crippen LogP) is 4.54. The summed E-state index contributed by atoms with van der Waals surface area (Å²) in [6.07, 6.45) is 7.47. The molecule has 23 heavy (non-hydrogen) atoms. The monoisotopic (exact) mass is 357 g/mol. The van der Waals surface area contributed by atoms with Gasteiger partial charge in [0.1, 0.15) is 0 Å². The summed E-state index contributed by atoms with van der Waals surface area (Å²) in [5, 5.41) is 4.87. The second-order valence-corrected chi connectivity index (χ2v) is 6.09. The molecule has 3 rings (SSSR count). The smallest absolute Gasteiger partial charge is 0.0457 e. The van der Waals surface area contributed by atoms with Crippen LogP contribution in [0.3, 0.4) is 0 Å². The van der Waals surface area contributed by atoms with E-state index >= 15 is 0 Å². The van der Waals surface area contributed by atoms with E-state index in [1.165, 1.54) is 42.1 Å². The number of halogens is 2. The van der Waals surface area contributed by atoms with E-state index in [1.54, 1.807) is 0 Å². The van der Waals surface area contributed by atoms with Gasteiger partial charge in [0.15, 0.2) is 0 Å². The van der Waals surface area contributed by atoms with Crippen LogP contribution < -0.4 is 5.32 Å². The summed E-state index contributed by atoms with van der Waals surface area (Å²) < 4.78 is 0. The van der Waals surface area contributed by atoms with E-state index in [4.69, 9.17) is 0 Å². The van der Waals surface area contributed by atoms with E-state index in [-0.39, 0.29) is 24.8 Å². The fourth-order valence-corrected chi connectivity index (χ4v) is 3.49. The Morgan fingerprint density at radius 1 is 1.09 bits per heavy atom. The fourth-order valence-electron chi connectivity index (χ4n) is 3.49. The first-order valence-electron chi connectivity index (χ1n) is 8.41. The maximum Gasteiger partial charge on any atom is 0.0457 e. The van der Waals surface area contributed by atoms with Crippen molar-refractivity contribution in [3.8, 4) is 0 Å². The Labute approximate surface area is 152 Å². The summed E-state index contributed by atoms with van der Waals surface area (Å²) in [6.45, 7) is 6.84. The molecule has 2 aromatic rings. The molecular weight excluding hydrogens is 329 g/mol. The van der Waals surface area contributed by atoms with E-state index in [9.17, 15) is 0 Å². The first kappa shape index (κ1) is 20.3. The minimum atomic E-state index is 0. The van der Waals surface area contributed by atoms with Gasteiger partial charge in [-0.05, 0) is 18.1 Å². The third-order valence-electron chi connectivity index (χ3n) is 4.65. The third kappa shape index (κ3) is 4.87. The van der Waals surface area contributed by atoms with Crippen molar-refractivity contribution in [1.82, 2.24) is 15.2 Å². The molecule has 2 heterocycles. The molecule has 0 saturated carbocycles. The van der Waals surface area contributed by atoms with Crippen LogP contribution in [0.15, 0.2) is 30.5 Å². The number of nitrogens with one attached hydrogen (secondary N) is 2. The van der Waals surface area contributed by atoms with Crippen LogP contribution in [-0.2, 0) is 0 Å². The van der Waals surface area contributed by atoms with Gasteiger partial charge < -0.3 is 10.3 Å². The lowest BCUT2D eigenvalue weighted by molar-refractivity contribution is 0.164. The molecule has 1 saturated heterocycles. The quantitative estimate of drug-likeness (QED) is 0.743. The molecule has 0 radical (unpaired) electrons. The first-order valence-corrected chi connectivity index (χ1v) is 8.41. The highest BCUT2D eigenvalue weighted by Gasteiger charge is 2.23. The van der Waals surface area contributed by atoms with Crippen molar-refractivity contribution >= 4 is 35.7 Å². The first-order chi connectivity index (χ1) is 10.4. The fraction of sp³-hybridized carbons (Fsp3) is 0.556. The van der Waals surface area contributed by atoms with Crippen LogP contribution in [0.2, 0.25) is 0 Å². The van der Waals surface area contributed by atoms with Gasteiger partial charge in [0, 0.05) is 49.3 Å². The van der Waals surface area contributed by atoms with Crippen LogP contribution in [0.4, 0.5) is 0 Å². The van der Waals surface area contributed by atoms with Crippen LogP contribution >= 0.6 is 24.8 Å². The van der Waals surface area contributed by atoms with Gasteiger partial charge in [-0.15, -0.1) is 24.8 Å². The van der Waals surface area contributed by atoms with Crippen LogP contribution in [-0.4, -0.2) is 36.1 Å². The zero-order valence-corrected chi connectivity index (χ0v) is 15.5. The summed E-state index contributed by atoms with van der Waals surface area (Å²) in [7, 11) is 0. The zero-order chi connectivity index (χ0) is 14.5. The average molecular weight is 358 g/mol. The van der Waals surface area contributed by atoms with E-state index in [2.05, 4.69) is 52.6 Å². The summed E-state index contributed by atoms with van der Waals surface area (Å²) >= 11 is 0. The lowest BCUT2D eigenvalue weighted by Gasteiger charge is -2.35. The Morgan fingerprint density at radius 3 is 2.57 bits per heavy atom. The Bertz CT molecular complexity index is 564. The molecule has 1 atom stereocenters. The molecule has 1 aromatic carbocycles. The summed E-state index contributed by atoms with van der Waals surface area (Å²) in [4.78, 5) is 6.12. The van der Waals surface area contributed by atoms with Gasteiger partial charge in [0.25, 0.3) is 0 Å². The number of nitrogens with zero attached hydrogens (tertiary/aromatic N) is 1. The SMILES string of the molecule is CCCCC[C@H](c1c[nH]c2ccccc12)N1CCNCC1.Cl.Cl. The summed E-state index contributed by atoms with van der Waals surface area (Å²) in [5.74, 6) is 0. The number of hydrogen-bond donors (Lipinski definition) is 2. The van der Waals surface area contributed by atoms with Gasteiger partial charge in [0.2, 0.25) is 0 Å². The molecular formula is C18H29Cl2N3. The molecule has 0 amide bonds. The maximum absolute atomic E-state index is 3.47. The number of benzene rings is 1. The second-order valence-electron chi connectivity index (χ2n) is 6.09. The van der Waals surface area contributed by atoms with Crippen molar-refractivity contribution in [2.75, 3.05) is 26.2 Å². The topological polar surface area (TPSA) is 31.1 Å².